The van der Waals surface area contributed by atoms with Crippen LogP contribution in [0.15, 0.2) is 29.3 Å². The van der Waals surface area contributed by atoms with Crippen molar-refractivity contribution in [2.45, 2.75) is 51.0 Å². The van der Waals surface area contributed by atoms with Gasteiger partial charge in [0.25, 0.3) is 0 Å². The number of methoxy groups -OCH3 is 1. The highest BCUT2D eigenvalue weighted by molar-refractivity contribution is 5.85. The molecule has 3 rings (SSSR count). The minimum absolute atomic E-state index is 0.224. The van der Waals surface area contributed by atoms with E-state index in [9.17, 15) is 4.79 Å². The lowest BCUT2D eigenvalue weighted by Crippen LogP contribution is -2.50. The number of ether oxygens (including phenoxy) is 1. The molecule has 0 bridgehead atoms. The monoisotopic (exact) mass is 443 g/mol. The van der Waals surface area contributed by atoms with Crippen molar-refractivity contribution in [3.8, 4) is 5.75 Å². The molecular formula is C25H41N5O2. The Morgan fingerprint density at radius 3 is 2.31 bits per heavy atom. The summed E-state index contributed by atoms with van der Waals surface area (Å²) in [5.74, 6) is 1.87. The Balaban J connectivity index is 1.65. The first-order valence-corrected chi connectivity index (χ1v) is 12.0. The zero-order valence-corrected chi connectivity index (χ0v) is 20.3. The summed E-state index contributed by atoms with van der Waals surface area (Å²) in [6.07, 6.45) is 7.91. The number of rotatable bonds is 8. The van der Waals surface area contributed by atoms with Crippen LogP contribution < -0.4 is 15.4 Å². The summed E-state index contributed by atoms with van der Waals surface area (Å²) >= 11 is 0. The van der Waals surface area contributed by atoms with Gasteiger partial charge < -0.3 is 20.3 Å². The van der Waals surface area contributed by atoms with E-state index in [0.29, 0.717) is 6.54 Å². The van der Waals surface area contributed by atoms with Crippen LogP contribution in [0.2, 0.25) is 0 Å². The number of carbonyl (C=O) groups excluding carboxylic acids is 1. The van der Waals surface area contributed by atoms with Crippen molar-refractivity contribution in [1.29, 1.82) is 0 Å². The van der Waals surface area contributed by atoms with E-state index in [1.54, 1.807) is 19.1 Å². The van der Waals surface area contributed by atoms with Crippen LogP contribution in [-0.2, 0) is 4.79 Å². The van der Waals surface area contributed by atoms with Crippen LogP contribution in [0, 0.1) is 5.41 Å². The van der Waals surface area contributed by atoms with E-state index in [2.05, 4.69) is 32.7 Å². The SMILES string of the molecule is CN=C(NCC(c1ccc(OC)cc1)N1CCCCC1)NCC1(C(=O)N(C)C)CCCC1. The summed E-state index contributed by atoms with van der Waals surface area (Å²) in [6.45, 7) is 3.62. The van der Waals surface area contributed by atoms with Crippen molar-refractivity contribution in [1.82, 2.24) is 20.4 Å². The number of hydrogen-bond acceptors (Lipinski definition) is 4. The third-order valence-electron chi connectivity index (χ3n) is 7.03. The number of nitrogens with zero attached hydrogens (tertiary/aromatic N) is 3. The fourth-order valence-corrected chi connectivity index (χ4v) is 5.17. The maximum absolute atomic E-state index is 12.9. The Kier molecular flexibility index (Phi) is 8.79. The number of benzene rings is 1. The molecule has 7 heteroatoms. The molecule has 32 heavy (non-hydrogen) atoms. The van der Waals surface area contributed by atoms with Crippen LogP contribution >= 0.6 is 0 Å². The van der Waals surface area contributed by atoms with Gasteiger partial charge in [-0.25, -0.2) is 0 Å². The molecule has 7 nitrogen and oxygen atoms in total. The van der Waals surface area contributed by atoms with E-state index < -0.39 is 0 Å². The van der Waals surface area contributed by atoms with Crippen LogP contribution in [0.4, 0.5) is 0 Å². The molecule has 1 atom stereocenters. The first kappa shape index (κ1) is 24.4. The van der Waals surface area contributed by atoms with Crippen LogP contribution in [0.5, 0.6) is 5.75 Å². The Bertz CT molecular complexity index is 750. The first-order chi connectivity index (χ1) is 15.5. The van der Waals surface area contributed by atoms with E-state index >= 15 is 0 Å². The molecule has 1 saturated carbocycles. The molecule has 1 unspecified atom stereocenters. The van der Waals surface area contributed by atoms with Crippen molar-refractivity contribution in [2.24, 2.45) is 10.4 Å². The normalized spacial score (nSPS) is 19.9. The number of aliphatic imine (C=N–C) groups is 1. The number of guanidine groups is 1. The average molecular weight is 444 g/mol. The minimum atomic E-state index is -0.316. The zero-order valence-electron chi connectivity index (χ0n) is 20.3. The number of likely N-dealkylation sites (tertiary alicyclic amines) is 1. The van der Waals surface area contributed by atoms with Crippen LogP contribution in [0.1, 0.15) is 56.6 Å². The van der Waals surface area contributed by atoms with Crippen LogP contribution in [0.3, 0.4) is 0 Å². The molecule has 178 valence electrons. The molecule has 2 aliphatic rings. The maximum atomic E-state index is 12.9. The van der Waals surface area contributed by atoms with Crippen molar-refractivity contribution in [3.05, 3.63) is 29.8 Å². The largest absolute Gasteiger partial charge is 0.497 e. The number of piperidine rings is 1. The molecule has 1 aliphatic carbocycles. The number of carbonyl (C=O) groups is 1. The summed E-state index contributed by atoms with van der Waals surface area (Å²) in [7, 11) is 7.21. The number of nitrogens with one attached hydrogen (secondary N) is 2. The van der Waals surface area contributed by atoms with Gasteiger partial charge in [-0.15, -0.1) is 0 Å². The zero-order chi connectivity index (χ0) is 23.0. The first-order valence-electron chi connectivity index (χ1n) is 12.0. The highest BCUT2D eigenvalue weighted by atomic mass is 16.5. The van der Waals surface area contributed by atoms with Gasteiger partial charge in [0.2, 0.25) is 5.91 Å². The van der Waals surface area contributed by atoms with Gasteiger partial charge in [0.15, 0.2) is 5.96 Å². The van der Waals surface area contributed by atoms with E-state index in [1.807, 2.05) is 26.2 Å². The molecule has 0 aromatic heterocycles. The Morgan fingerprint density at radius 1 is 1.09 bits per heavy atom. The Hall–Kier alpha value is -2.28. The van der Waals surface area contributed by atoms with Crippen molar-refractivity contribution < 1.29 is 9.53 Å². The van der Waals surface area contributed by atoms with Gasteiger partial charge in [0, 0.05) is 34.2 Å². The lowest BCUT2D eigenvalue weighted by molar-refractivity contribution is -0.138. The smallest absolute Gasteiger partial charge is 0.230 e. The molecule has 2 fully saturated rings. The van der Waals surface area contributed by atoms with Gasteiger partial charge in [-0.2, -0.15) is 0 Å². The second-order valence-corrected chi connectivity index (χ2v) is 9.38. The van der Waals surface area contributed by atoms with Gasteiger partial charge in [-0.3, -0.25) is 14.7 Å². The topological polar surface area (TPSA) is 69.2 Å². The summed E-state index contributed by atoms with van der Waals surface area (Å²) in [4.78, 5) is 21.6. The summed E-state index contributed by atoms with van der Waals surface area (Å²) in [6, 6.07) is 8.67. The fraction of sp³-hybridized carbons (Fsp3) is 0.680. The lowest BCUT2D eigenvalue weighted by Gasteiger charge is -2.36. The molecule has 1 heterocycles. The van der Waals surface area contributed by atoms with E-state index in [1.165, 1.54) is 24.8 Å². The van der Waals surface area contributed by atoms with Crippen molar-refractivity contribution >= 4 is 11.9 Å². The molecule has 2 N–H and O–H groups in total. The predicted molar refractivity (Wildman–Crippen MR) is 130 cm³/mol. The third-order valence-corrected chi connectivity index (χ3v) is 7.03. The lowest BCUT2D eigenvalue weighted by atomic mass is 9.84. The molecule has 1 aromatic rings. The van der Waals surface area contributed by atoms with Gasteiger partial charge in [-0.1, -0.05) is 31.4 Å². The molecule has 1 aromatic carbocycles. The summed E-state index contributed by atoms with van der Waals surface area (Å²) in [5.41, 5.74) is 0.967. The van der Waals surface area contributed by atoms with E-state index in [0.717, 1.165) is 57.0 Å². The molecule has 0 radical (unpaired) electrons. The highest BCUT2D eigenvalue weighted by Gasteiger charge is 2.42. The fourth-order valence-electron chi connectivity index (χ4n) is 5.17. The van der Waals surface area contributed by atoms with Crippen molar-refractivity contribution in [2.75, 3.05) is 54.4 Å². The minimum Gasteiger partial charge on any atom is -0.497 e. The van der Waals surface area contributed by atoms with E-state index in [4.69, 9.17) is 4.74 Å². The molecule has 0 spiro atoms. The maximum Gasteiger partial charge on any atom is 0.230 e. The van der Waals surface area contributed by atoms with Crippen molar-refractivity contribution in [3.63, 3.8) is 0 Å². The second kappa shape index (κ2) is 11.5. The highest BCUT2D eigenvalue weighted by Crippen LogP contribution is 2.39. The van der Waals surface area contributed by atoms with Gasteiger partial charge in [0.1, 0.15) is 5.75 Å². The molecule has 1 saturated heterocycles. The molecular weight excluding hydrogens is 402 g/mol. The Labute approximate surface area is 193 Å². The quantitative estimate of drug-likeness (QED) is 0.477. The summed E-state index contributed by atoms with van der Waals surface area (Å²) < 4.78 is 5.35. The Morgan fingerprint density at radius 2 is 1.75 bits per heavy atom. The number of amides is 1. The van der Waals surface area contributed by atoms with Gasteiger partial charge in [0.05, 0.1) is 18.6 Å². The number of hydrogen-bond donors (Lipinski definition) is 2. The third kappa shape index (κ3) is 5.94. The van der Waals surface area contributed by atoms with Gasteiger partial charge >= 0.3 is 0 Å². The van der Waals surface area contributed by atoms with E-state index in [-0.39, 0.29) is 17.4 Å². The molecule has 1 aliphatic heterocycles. The van der Waals surface area contributed by atoms with Crippen LogP contribution in [-0.4, -0.2) is 76.1 Å². The average Bonchev–Trinajstić information content (AvgIpc) is 3.31. The standard InChI is InChI=1S/C25H41N5O2/c1-26-24(28-19-25(14-6-7-15-25)23(31)29(2)3)27-18-22(30-16-8-5-9-17-30)20-10-12-21(32-4)13-11-20/h10-13,22H,5-9,14-19H2,1-4H3,(H2,26,27,28). The van der Waals surface area contributed by atoms with Gasteiger partial charge in [-0.05, 0) is 56.5 Å². The molecule has 1 amide bonds. The predicted octanol–water partition coefficient (Wildman–Crippen LogP) is 3.04. The summed E-state index contributed by atoms with van der Waals surface area (Å²) in [5, 5.41) is 7.01. The van der Waals surface area contributed by atoms with Crippen LogP contribution in [0.25, 0.3) is 0 Å². The second-order valence-electron chi connectivity index (χ2n) is 9.38.